The first-order chi connectivity index (χ1) is 19.1. The third-order valence-corrected chi connectivity index (χ3v) is 9.94. The number of piperazine rings is 1. The number of aromatic nitrogens is 2. The van der Waals surface area contributed by atoms with Crippen LogP contribution in [-0.2, 0) is 10.0 Å². The van der Waals surface area contributed by atoms with Crippen LogP contribution in [0.3, 0.4) is 0 Å². The van der Waals surface area contributed by atoms with Crippen LogP contribution in [0.5, 0.6) is 5.75 Å². The van der Waals surface area contributed by atoms with Gasteiger partial charge < -0.3 is 4.74 Å². The number of hydrogen-bond acceptors (Lipinski definition) is 6. The van der Waals surface area contributed by atoms with Gasteiger partial charge in [0.15, 0.2) is 0 Å². The molecule has 11 heteroatoms. The average molecular weight is 602 g/mol. The number of nitrogens with zero attached hydrogens (tertiary/aromatic N) is 4. The van der Waals surface area contributed by atoms with Crippen molar-refractivity contribution >= 4 is 44.1 Å². The average Bonchev–Trinajstić information content (AvgIpc) is 2.94. The highest BCUT2D eigenvalue weighted by Crippen LogP contribution is 2.32. The number of ether oxygens (including phenoxy) is 1. The van der Waals surface area contributed by atoms with Crippen LogP contribution in [0.15, 0.2) is 76.4 Å². The molecule has 1 aliphatic heterocycles. The first-order valence-corrected chi connectivity index (χ1v) is 15.3. The van der Waals surface area contributed by atoms with Gasteiger partial charge in [-0.3, -0.25) is 14.3 Å². The number of sulfonamides is 1. The van der Waals surface area contributed by atoms with Crippen LogP contribution in [0.1, 0.15) is 32.6 Å². The lowest BCUT2D eigenvalue weighted by Gasteiger charge is -2.41. The predicted molar refractivity (Wildman–Crippen MR) is 158 cm³/mol. The van der Waals surface area contributed by atoms with Crippen molar-refractivity contribution in [2.45, 2.75) is 37.8 Å². The fourth-order valence-corrected chi connectivity index (χ4v) is 7.53. The van der Waals surface area contributed by atoms with Gasteiger partial charge in [0.2, 0.25) is 10.0 Å². The van der Waals surface area contributed by atoms with Crippen LogP contribution in [0.4, 0.5) is 0 Å². The Morgan fingerprint density at radius 2 is 1.77 bits per heavy atom. The van der Waals surface area contributed by atoms with E-state index in [-0.39, 0.29) is 34.1 Å². The molecule has 2 atom stereocenters. The minimum absolute atomic E-state index is 0.00412. The van der Waals surface area contributed by atoms with E-state index >= 15 is 0 Å². The van der Waals surface area contributed by atoms with Crippen LogP contribution in [0.2, 0.25) is 10.0 Å². The molecular weight excluding hydrogens is 571 g/mol. The van der Waals surface area contributed by atoms with Crippen molar-refractivity contribution in [3.63, 3.8) is 0 Å². The molecule has 210 valence electrons. The molecule has 8 nitrogen and oxygen atoms in total. The second kappa shape index (κ2) is 11.5. The monoisotopic (exact) mass is 600 g/mol. The molecule has 0 radical (unpaired) electrons. The number of rotatable bonds is 7. The maximum Gasteiger partial charge on any atom is 0.266 e. The Morgan fingerprint density at radius 3 is 2.48 bits per heavy atom. The molecule has 0 amide bonds. The second-order valence-corrected chi connectivity index (χ2v) is 12.5. The van der Waals surface area contributed by atoms with Crippen molar-refractivity contribution in [1.82, 2.24) is 18.8 Å². The summed E-state index contributed by atoms with van der Waals surface area (Å²) >= 11 is 12.3. The zero-order chi connectivity index (χ0) is 28.6. The van der Waals surface area contributed by atoms with E-state index in [4.69, 9.17) is 32.9 Å². The van der Waals surface area contributed by atoms with Crippen molar-refractivity contribution in [2.75, 3.05) is 26.2 Å². The first kappa shape index (κ1) is 28.6. The zero-order valence-corrected chi connectivity index (χ0v) is 24.7. The summed E-state index contributed by atoms with van der Waals surface area (Å²) in [5.41, 5.74) is 1.13. The van der Waals surface area contributed by atoms with Crippen LogP contribution in [-0.4, -0.2) is 59.5 Å². The molecule has 1 aliphatic rings. The van der Waals surface area contributed by atoms with Crippen LogP contribution < -0.4 is 10.3 Å². The van der Waals surface area contributed by atoms with Crippen LogP contribution >= 0.6 is 23.2 Å². The topological polar surface area (TPSA) is 84.7 Å². The molecule has 0 saturated carbocycles. The van der Waals surface area contributed by atoms with Gasteiger partial charge in [-0.25, -0.2) is 13.4 Å². The lowest BCUT2D eigenvalue weighted by atomic mass is 10.1. The number of para-hydroxylation sites is 1. The van der Waals surface area contributed by atoms with Gasteiger partial charge in [0.05, 0.1) is 34.3 Å². The molecule has 40 heavy (non-hydrogen) atoms. The van der Waals surface area contributed by atoms with E-state index in [1.807, 2.05) is 63.2 Å². The quantitative estimate of drug-likeness (QED) is 0.276. The summed E-state index contributed by atoms with van der Waals surface area (Å²) in [6.45, 7) is 7.44. The Kier molecular flexibility index (Phi) is 8.22. The van der Waals surface area contributed by atoms with E-state index in [0.29, 0.717) is 52.9 Å². The maximum atomic E-state index is 13.8. The molecule has 5 rings (SSSR count). The molecule has 1 saturated heterocycles. The lowest BCUT2D eigenvalue weighted by molar-refractivity contribution is 0.104. The van der Waals surface area contributed by atoms with Gasteiger partial charge in [-0.2, -0.15) is 4.31 Å². The van der Waals surface area contributed by atoms with Gasteiger partial charge in [-0.1, -0.05) is 35.3 Å². The normalized spacial score (nSPS) is 17.7. The standard InChI is InChI=1S/C29H30Cl2N4O4S/c1-4-39-23-12-10-22(11-13-23)35-28(32-26-8-6-5-7-24(26)29(35)36)20(3)33-15-16-34(19(2)18-33)40(37,38)27-17-21(30)9-14-25(27)31/h5-14,17,19-20H,4,15-16,18H2,1-3H3. The fraction of sp³-hybridized carbons (Fsp3) is 0.310. The number of hydrogen-bond donors (Lipinski definition) is 0. The van der Waals surface area contributed by atoms with Gasteiger partial charge in [0.25, 0.3) is 5.56 Å². The Bertz CT molecular complexity index is 1710. The minimum atomic E-state index is -3.87. The van der Waals surface area contributed by atoms with E-state index in [0.717, 1.165) is 0 Å². The van der Waals surface area contributed by atoms with Crippen LogP contribution in [0, 0.1) is 0 Å². The highest BCUT2D eigenvalue weighted by molar-refractivity contribution is 7.89. The molecule has 2 unspecified atom stereocenters. The Labute approximate surface area is 243 Å². The number of benzene rings is 3. The highest BCUT2D eigenvalue weighted by atomic mass is 35.5. The molecule has 0 spiro atoms. The van der Waals surface area contributed by atoms with E-state index in [1.165, 1.54) is 16.4 Å². The number of fused-ring (bicyclic) bond motifs is 1. The van der Waals surface area contributed by atoms with Crippen molar-refractivity contribution in [3.8, 4) is 11.4 Å². The zero-order valence-electron chi connectivity index (χ0n) is 22.4. The molecule has 0 bridgehead atoms. The summed E-state index contributed by atoms with van der Waals surface area (Å²) in [6, 6.07) is 18.4. The van der Waals surface area contributed by atoms with Gasteiger partial charge in [-0.05, 0) is 75.4 Å². The van der Waals surface area contributed by atoms with Crippen molar-refractivity contribution < 1.29 is 13.2 Å². The highest BCUT2D eigenvalue weighted by Gasteiger charge is 2.37. The third kappa shape index (κ3) is 5.36. The fourth-order valence-electron chi connectivity index (χ4n) is 5.18. The summed E-state index contributed by atoms with van der Waals surface area (Å²) in [7, 11) is -3.87. The summed E-state index contributed by atoms with van der Waals surface area (Å²) in [5.74, 6) is 1.29. The van der Waals surface area contributed by atoms with Gasteiger partial charge in [0, 0.05) is 30.7 Å². The molecule has 3 aromatic carbocycles. The molecular formula is C29H30Cl2N4O4S. The molecule has 0 N–H and O–H groups in total. The minimum Gasteiger partial charge on any atom is -0.494 e. The van der Waals surface area contributed by atoms with E-state index < -0.39 is 10.0 Å². The Balaban J connectivity index is 1.49. The third-order valence-electron chi connectivity index (χ3n) is 7.21. The van der Waals surface area contributed by atoms with E-state index in [2.05, 4.69) is 4.90 Å². The van der Waals surface area contributed by atoms with Crippen molar-refractivity contribution in [1.29, 1.82) is 0 Å². The summed E-state index contributed by atoms with van der Waals surface area (Å²) in [6.07, 6.45) is 0. The molecule has 1 fully saturated rings. The molecule has 4 aromatic rings. The summed E-state index contributed by atoms with van der Waals surface area (Å²) in [4.78, 5) is 20.9. The Morgan fingerprint density at radius 1 is 1.05 bits per heavy atom. The first-order valence-electron chi connectivity index (χ1n) is 13.1. The van der Waals surface area contributed by atoms with Gasteiger partial charge in [-0.15, -0.1) is 0 Å². The maximum absolute atomic E-state index is 13.8. The van der Waals surface area contributed by atoms with Crippen molar-refractivity contribution in [2.24, 2.45) is 0 Å². The van der Waals surface area contributed by atoms with Crippen LogP contribution in [0.25, 0.3) is 16.6 Å². The molecule has 1 aromatic heterocycles. The lowest BCUT2D eigenvalue weighted by Crippen LogP contribution is -2.54. The second-order valence-electron chi connectivity index (χ2n) is 9.77. The van der Waals surface area contributed by atoms with Gasteiger partial charge >= 0.3 is 0 Å². The SMILES string of the molecule is CCOc1ccc(-n2c(C(C)N3CCN(S(=O)(=O)c4cc(Cl)ccc4Cl)C(C)C3)nc3ccccc3c2=O)cc1. The smallest absolute Gasteiger partial charge is 0.266 e. The predicted octanol–water partition coefficient (Wildman–Crippen LogP) is 5.55. The van der Waals surface area contributed by atoms with E-state index in [9.17, 15) is 13.2 Å². The summed E-state index contributed by atoms with van der Waals surface area (Å²) in [5, 5.41) is 0.958. The molecule has 2 heterocycles. The van der Waals surface area contributed by atoms with Gasteiger partial charge in [0.1, 0.15) is 16.5 Å². The Hall–Kier alpha value is -2.95. The summed E-state index contributed by atoms with van der Waals surface area (Å²) < 4.78 is 35.7. The number of halogens is 2. The molecule has 0 aliphatic carbocycles. The van der Waals surface area contributed by atoms with Crippen molar-refractivity contribution in [3.05, 3.63) is 93.0 Å². The van der Waals surface area contributed by atoms with E-state index in [1.54, 1.807) is 16.7 Å². The largest absolute Gasteiger partial charge is 0.494 e.